The number of methoxy groups -OCH3 is 2. The van der Waals surface area contributed by atoms with Crippen LogP contribution in [0.5, 0.6) is 11.5 Å². The number of aryl methyl sites for hydroxylation is 1. The van der Waals surface area contributed by atoms with Gasteiger partial charge in [-0.05, 0) is 56.4 Å². The van der Waals surface area contributed by atoms with Gasteiger partial charge in [-0.2, -0.15) is 0 Å². The fourth-order valence-electron chi connectivity index (χ4n) is 4.26. The Kier molecular flexibility index (Phi) is 7.81. The summed E-state index contributed by atoms with van der Waals surface area (Å²) in [7, 11) is 3.04. The lowest BCUT2D eigenvalue weighted by Crippen LogP contribution is -3.11. The second-order valence-corrected chi connectivity index (χ2v) is 8.06. The minimum absolute atomic E-state index is 0.0450. The molecule has 1 unspecified atom stereocenters. The molecule has 33 heavy (non-hydrogen) atoms. The van der Waals surface area contributed by atoms with E-state index in [0.29, 0.717) is 35.8 Å². The number of carbonyl (C=O) groups excluding carboxylic acids is 2. The van der Waals surface area contributed by atoms with E-state index in [2.05, 4.69) is 13.8 Å². The molecule has 0 spiro atoms. The summed E-state index contributed by atoms with van der Waals surface area (Å²) in [6.07, 6.45) is 0.709. The van der Waals surface area contributed by atoms with Gasteiger partial charge >= 0.3 is 0 Å². The Morgan fingerprint density at radius 1 is 1.12 bits per heavy atom. The first-order chi connectivity index (χ1) is 15.9. The van der Waals surface area contributed by atoms with Crippen LogP contribution in [0.1, 0.15) is 48.2 Å². The van der Waals surface area contributed by atoms with Gasteiger partial charge in [-0.15, -0.1) is 0 Å². The van der Waals surface area contributed by atoms with Gasteiger partial charge in [0.2, 0.25) is 11.7 Å². The lowest BCUT2D eigenvalue weighted by atomic mass is 9.94. The largest absolute Gasteiger partial charge is 0.868 e. The zero-order valence-corrected chi connectivity index (χ0v) is 19.9. The summed E-state index contributed by atoms with van der Waals surface area (Å²) in [4.78, 5) is 29.3. The number of ketones is 1. The Labute approximate surface area is 194 Å². The Morgan fingerprint density at radius 3 is 2.39 bits per heavy atom. The predicted octanol–water partition coefficient (Wildman–Crippen LogP) is 1.30. The van der Waals surface area contributed by atoms with Gasteiger partial charge < -0.3 is 28.8 Å². The molecule has 0 radical (unpaired) electrons. The van der Waals surface area contributed by atoms with Crippen LogP contribution in [-0.4, -0.2) is 57.0 Å². The van der Waals surface area contributed by atoms with E-state index in [4.69, 9.17) is 13.9 Å². The molecule has 1 amide bonds. The molecule has 0 bridgehead atoms. The minimum atomic E-state index is -0.825. The number of nitrogens with one attached hydrogen (secondary N) is 1. The number of benzene rings is 1. The second-order valence-electron chi connectivity index (χ2n) is 8.06. The van der Waals surface area contributed by atoms with Gasteiger partial charge in [0.25, 0.3) is 0 Å². The van der Waals surface area contributed by atoms with Crippen molar-refractivity contribution in [3.05, 3.63) is 58.7 Å². The predicted molar refractivity (Wildman–Crippen MR) is 120 cm³/mol. The molecule has 8 heteroatoms. The fourth-order valence-corrected chi connectivity index (χ4v) is 4.26. The van der Waals surface area contributed by atoms with Crippen molar-refractivity contribution in [1.82, 2.24) is 4.90 Å². The van der Waals surface area contributed by atoms with Gasteiger partial charge in [-0.25, -0.2) is 0 Å². The third-order valence-corrected chi connectivity index (χ3v) is 6.15. The Bertz CT molecular complexity index is 1040. The van der Waals surface area contributed by atoms with Gasteiger partial charge in [0, 0.05) is 18.5 Å². The highest BCUT2D eigenvalue weighted by Gasteiger charge is 2.40. The maximum Gasteiger partial charge on any atom is 0.239 e. The van der Waals surface area contributed by atoms with Crippen LogP contribution >= 0.6 is 0 Å². The number of nitrogens with zero attached hydrogens (tertiary/aromatic N) is 1. The number of Topliss-reactive ketones (excluding diaryl/α,β-unsaturated/α-hetero) is 1. The summed E-state index contributed by atoms with van der Waals surface area (Å²) >= 11 is 0. The van der Waals surface area contributed by atoms with E-state index < -0.39 is 23.5 Å². The third kappa shape index (κ3) is 4.90. The van der Waals surface area contributed by atoms with Gasteiger partial charge in [-0.3, -0.25) is 9.59 Å². The average Bonchev–Trinajstić information content (AvgIpc) is 3.37. The maximum absolute atomic E-state index is 13.3. The normalized spacial score (nSPS) is 16.1. The molecule has 0 aliphatic carbocycles. The topological polar surface area (TPSA) is 96.5 Å². The molecule has 1 aliphatic rings. The van der Waals surface area contributed by atoms with E-state index in [1.54, 1.807) is 31.2 Å². The highest BCUT2D eigenvalue weighted by molar-refractivity contribution is 6.14. The van der Waals surface area contributed by atoms with Gasteiger partial charge in [-0.1, -0.05) is 6.07 Å². The quantitative estimate of drug-likeness (QED) is 0.512. The van der Waals surface area contributed by atoms with E-state index in [1.165, 1.54) is 30.1 Å². The number of carbonyl (C=O) groups is 2. The first-order valence-corrected chi connectivity index (χ1v) is 11.2. The van der Waals surface area contributed by atoms with Crippen LogP contribution in [0.4, 0.5) is 0 Å². The minimum Gasteiger partial charge on any atom is -0.868 e. The summed E-state index contributed by atoms with van der Waals surface area (Å²) < 4.78 is 16.2. The average molecular weight is 457 g/mol. The highest BCUT2D eigenvalue weighted by Crippen LogP contribution is 2.41. The molecular weight excluding hydrogens is 424 g/mol. The highest BCUT2D eigenvalue weighted by atomic mass is 16.5. The lowest BCUT2D eigenvalue weighted by molar-refractivity contribution is -0.896. The molecule has 1 atom stereocenters. The maximum atomic E-state index is 13.3. The summed E-state index contributed by atoms with van der Waals surface area (Å²) in [5.41, 5.74) is 0.505. The first-order valence-electron chi connectivity index (χ1n) is 11.2. The number of quaternary nitrogens is 1. The monoisotopic (exact) mass is 456 g/mol. The smallest absolute Gasteiger partial charge is 0.239 e. The van der Waals surface area contributed by atoms with E-state index in [9.17, 15) is 14.7 Å². The van der Waals surface area contributed by atoms with E-state index in [0.717, 1.165) is 19.6 Å². The molecule has 8 nitrogen and oxygen atoms in total. The summed E-state index contributed by atoms with van der Waals surface area (Å²) in [5.74, 6) is -0.461. The number of ether oxygens (including phenoxy) is 2. The number of furan rings is 1. The number of amides is 1. The fraction of sp³-hybridized carbons (Fsp3) is 0.440. The van der Waals surface area contributed by atoms with Crippen molar-refractivity contribution >= 4 is 11.7 Å². The zero-order valence-electron chi connectivity index (χ0n) is 19.9. The molecule has 1 N–H and O–H groups in total. The molecule has 0 fully saturated rings. The van der Waals surface area contributed by atoms with Crippen molar-refractivity contribution in [2.24, 2.45) is 0 Å². The van der Waals surface area contributed by atoms with Crippen LogP contribution in [0, 0.1) is 6.92 Å². The number of rotatable bonds is 11. The van der Waals surface area contributed by atoms with Crippen LogP contribution in [0.15, 0.2) is 46.1 Å². The zero-order chi connectivity index (χ0) is 24.1. The third-order valence-electron chi connectivity index (χ3n) is 6.15. The van der Waals surface area contributed by atoms with Crippen LogP contribution in [0.25, 0.3) is 0 Å². The van der Waals surface area contributed by atoms with Crippen LogP contribution in [0.2, 0.25) is 0 Å². The molecule has 3 rings (SSSR count). The summed E-state index contributed by atoms with van der Waals surface area (Å²) in [6.45, 7) is 9.14. The molecule has 1 aromatic carbocycles. The SMILES string of the molecule is CC[NH+](CC)CCCN1C(=O)C([O-])=C(C(=O)c2ccc(C)o2)C1c1ccc(OC)c(OC)c1. The standard InChI is InChI=1S/C25H32N2O6/c1-6-26(7-2)13-8-14-27-22(17-10-12-18(31-4)20(15-17)32-5)21(24(29)25(27)30)23(28)19-11-9-16(3)33-19/h9-12,15,22,29H,6-8,13-14H2,1-5H3. The molecule has 2 aromatic rings. The van der Waals surface area contributed by atoms with Crippen molar-refractivity contribution in [2.45, 2.75) is 33.2 Å². The van der Waals surface area contributed by atoms with Crippen molar-refractivity contribution in [3.8, 4) is 11.5 Å². The van der Waals surface area contributed by atoms with Crippen LogP contribution in [-0.2, 0) is 4.79 Å². The van der Waals surface area contributed by atoms with Crippen molar-refractivity contribution in [2.75, 3.05) is 40.4 Å². The van der Waals surface area contributed by atoms with Crippen molar-refractivity contribution < 1.29 is 33.5 Å². The molecule has 0 saturated heterocycles. The van der Waals surface area contributed by atoms with Crippen molar-refractivity contribution in [1.29, 1.82) is 0 Å². The molecule has 1 aromatic heterocycles. The Morgan fingerprint density at radius 2 is 1.82 bits per heavy atom. The van der Waals surface area contributed by atoms with Gasteiger partial charge in [0.1, 0.15) is 5.76 Å². The van der Waals surface area contributed by atoms with Crippen LogP contribution in [0.3, 0.4) is 0 Å². The number of hydrogen-bond donors (Lipinski definition) is 1. The van der Waals surface area contributed by atoms with E-state index in [-0.39, 0.29) is 11.3 Å². The van der Waals surface area contributed by atoms with E-state index in [1.807, 2.05) is 0 Å². The second kappa shape index (κ2) is 10.6. The summed E-state index contributed by atoms with van der Waals surface area (Å²) in [5, 5.41) is 13.1. The first kappa shape index (κ1) is 24.4. The molecule has 178 valence electrons. The molecular formula is C25H32N2O6. The Hall–Kier alpha value is -3.26. The van der Waals surface area contributed by atoms with Gasteiger partial charge in [0.05, 0.1) is 39.9 Å². The number of hydrogen-bond acceptors (Lipinski definition) is 6. The van der Waals surface area contributed by atoms with E-state index >= 15 is 0 Å². The summed E-state index contributed by atoms with van der Waals surface area (Å²) in [6, 6.07) is 7.53. The lowest BCUT2D eigenvalue weighted by Gasteiger charge is -2.28. The molecule has 1 aliphatic heterocycles. The van der Waals surface area contributed by atoms with Crippen molar-refractivity contribution in [3.63, 3.8) is 0 Å². The van der Waals surface area contributed by atoms with Crippen LogP contribution < -0.4 is 19.5 Å². The Balaban J connectivity index is 2.01. The molecule has 2 heterocycles. The molecule has 0 saturated carbocycles. The van der Waals surface area contributed by atoms with Gasteiger partial charge in [0.15, 0.2) is 17.3 Å².